The van der Waals surface area contributed by atoms with Crippen molar-refractivity contribution >= 4 is 5.91 Å². The van der Waals surface area contributed by atoms with Gasteiger partial charge in [0.1, 0.15) is 11.5 Å². The molecule has 0 unspecified atom stereocenters. The quantitative estimate of drug-likeness (QED) is 0.939. The Balaban J connectivity index is 1.62. The molecule has 21 heavy (non-hydrogen) atoms. The standard InChI is InChI=1S/C16H13FN2O2/c17-13-7-5-11(6-8-13)15-9-14(21-19-15)10-18-16(20)12-3-1-2-4-12/h1-3,5-9H,4,10H2,(H,18,20). The number of rotatable bonds is 4. The second kappa shape index (κ2) is 5.75. The number of carbonyl (C=O) groups is 1. The molecule has 0 aliphatic heterocycles. The van der Waals surface area contributed by atoms with Crippen molar-refractivity contribution in [3.8, 4) is 11.3 Å². The minimum atomic E-state index is -0.298. The molecule has 3 rings (SSSR count). The van der Waals surface area contributed by atoms with Crippen LogP contribution in [0.15, 0.2) is 58.7 Å². The SMILES string of the molecule is O=C(NCc1cc(-c2ccc(F)cc2)no1)C1=CC=CC1. The number of carbonyl (C=O) groups excluding carboxylic acids is 1. The van der Waals surface area contributed by atoms with Gasteiger partial charge < -0.3 is 9.84 Å². The zero-order valence-electron chi connectivity index (χ0n) is 11.2. The minimum Gasteiger partial charge on any atom is -0.359 e. The van der Waals surface area contributed by atoms with Crippen LogP contribution in [-0.2, 0) is 11.3 Å². The molecule has 1 amide bonds. The normalized spacial score (nSPS) is 13.3. The second-order valence-corrected chi connectivity index (χ2v) is 4.69. The number of halogens is 1. The summed E-state index contributed by atoms with van der Waals surface area (Å²) >= 11 is 0. The maximum absolute atomic E-state index is 12.9. The van der Waals surface area contributed by atoms with Gasteiger partial charge in [0.15, 0.2) is 5.76 Å². The van der Waals surface area contributed by atoms with Crippen molar-refractivity contribution < 1.29 is 13.7 Å². The maximum Gasteiger partial charge on any atom is 0.247 e. The van der Waals surface area contributed by atoms with Gasteiger partial charge in [-0.25, -0.2) is 4.39 Å². The third-order valence-electron chi connectivity index (χ3n) is 3.19. The molecule has 0 saturated carbocycles. The molecule has 0 spiro atoms. The molecule has 1 N–H and O–H groups in total. The highest BCUT2D eigenvalue weighted by Gasteiger charge is 2.12. The molecule has 106 valence electrons. The number of aromatic nitrogens is 1. The third-order valence-corrected chi connectivity index (χ3v) is 3.19. The number of amides is 1. The average Bonchev–Trinajstić information content (AvgIpc) is 3.17. The Labute approximate surface area is 121 Å². The molecule has 1 aliphatic rings. The second-order valence-electron chi connectivity index (χ2n) is 4.69. The fourth-order valence-corrected chi connectivity index (χ4v) is 2.05. The number of benzene rings is 1. The van der Waals surface area contributed by atoms with Crippen LogP contribution in [0.5, 0.6) is 0 Å². The van der Waals surface area contributed by atoms with Crippen LogP contribution in [-0.4, -0.2) is 11.1 Å². The molecule has 4 nitrogen and oxygen atoms in total. The van der Waals surface area contributed by atoms with Gasteiger partial charge in [0.2, 0.25) is 5.91 Å². The molecule has 1 aromatic carbocycles. The van der Waals surface area contributed by atoms with E-state index in [1.165, 1.54) is 12.1 Å². The van der Waals surface area contributed by atoms with Gasteiger partial charge in [0, 0.05) is 17.2 Å². The molecule has 5 heteroatoms. The van der Waals surface area contributed by atoms with E-state index in [1.54, 1.807) is 24.3 Å². The van der Waals surface area contributed by atoms with E-state index in [4.69, 9.17) is 4.52 Å². The predicted octanol–water partition coefficient (Wildman–Crippen LogP) is 2.98. The average molecular weight is 284 g/mol. The molecule has 0 radical (unpaired) electrons. The largest absolute Gasteiger partial charge is 0.359 e. The van der Waals surface area contributed by atoms with E-state index >= 15 is 0 Å². The number of allylic oxidation sites excluding steroid dienone is 3. The van der Waals surface area contributed by atoms with E-state index in [0.717, 1.165) is 11.1 Å². The van der Waals surface area contributed by atoms with Crippen LogP contribution in [0.1, 0.15) is 12.2 Å². The fourth-order valence-electron chi connectivity index (χ4n) is 2.05. The lowest BCUT2D eigenvalue weighted by atomic mass is 10.1. The fraction of sp³-hybridized carbons (Fsp3) is 0.125. The highest BCUT2D eigenvalue weighted by molar-refractivity contribution is 5.94. The Morgan fingerprint density at radius 2 is 2.14 bits per heavy atom. The van der Waals surface area contributed by atoms with Gasteiger partial charge in [0.25, 0.3) is 0 Å². The zero-order chi connectivity index (χ0) is 14.7. The number of nitrogens with one attached hydrogen (secondary N) is 1. The third kappa shape index (κ3) is 3.08. The first-order valence-corrected chi connectivity index (χ1v) is 6.58. The summed E-state index contributed by atoms with van der Waals surface area (Å²) in [6, 6.07) is 7.72. The van der Waals surface area contributed by atoms with Gasteiger partial charge in [-0.15, -0.1) is 0 Å². The van der Waals surface area contributed by atoms with Crippen molar-refractivity contribution in [2.75, 3.05) is 0 Å². The summed E-state index contributed by atoms with van der Waals surface area (Å²) in [7, 11) is 0. The Hall–Kier alpha value is -2.69. The molecule has 1 heterocycles. The summed E-state index contributed by atoms with van der Waals surface area (Å²) in [5, 5.41) is 6.69. The van der Waals surface area contributed by atoms with E-state index in [9.17, 15) is 9.18 Å². The predicted molar refractivity (Wildman–Crippen MR) is 75.6 cm³/mol. The van der Waals surface area contributed by atoms with Crippen LogP contribution in [0.2, 0.25) is 0 Å². The molecule has 0 saturated heterocycles. The van der Waals surface area contributed by atoms with Crippen molar-refractivity contribution in [1.82, 2.24) is 10.5 Å². The molecule has 0 fully saturated rings. The lowest BCUT2D eigenvalue weighted by molar-refractivity contribution is -0.117. The number of hydrogen-bond donors (Lipinski definition) is 1. The zero-order valence-corrected chi connectivity index (χ0v) is 11.2. The topological polar surface area (TPSA) is 55.1 Å². The molecular weight excluding hydrogens is 271 g/mol. The van der Waals surface area contributed by atoms with E-state index in [0.29, 0.717) is 17.9 Å². The van der Waals surface area contributed by atoms with Gasteiger partial charge in [-0.2, -0.15) is 0 Å². The van der Waals surface area contributed by atoms with E-state index in [1.807, 2.05) is 12.2 Å². The van der Waals surface area contributed by atoms with Gasteiger partial charge in [-0.3, -0.25) is 4.79 Å². The highest BCUT2D eigenvalue weighted by Crippen LogP contribution is 2.19. The highest BCUT2D eigenvalue weighted by atomic mass is 19.1. The summed E-state index contributed by atoms with van der Waals surface area (Å²) in [5.41, 5.74) is 2.11. The number of hydrogen-bond acceptors (Lipinski definition) is 3. The molecule has 1 aliphatic carbocycles. The van der Waals surface area contributed by atoms with Crippen molar-refractivity contribution in [3.63, 3.8) is 0 Å². The van der Waals surface area contributed by atoms with Gasteiger partial charge in [-0.05, 0) is 30.7 Å². The Kier molecular flexibility index (Phi) is 3.64. The van der Waals surface area contributed by atoms with Crippen LogP contribution >= 0.6 is 0 Å². The van der Waals surface area contributed by atoms with Crippen molar-refractivity contribution in [2.45, 2.75) is 13.0 Å². The van der Waals surface area contributed by atoms with Crippen molar-refractivity contribution in [1.29, 1.82) is 0 Å². The van der Waals surface area contributed by atoms with Crippen LogP contribution in [0.3, 0.4) is 0 Å². The van der Waals surface area contributed by atoms with Gasteiger partial charge >= 0.3 is 0 Å². The van der Waals surface area contributed by atoms with Gasteiger partial charge in [-0.1, -0.05) is 23.4 Å². The smallest absolute Gasteiger partial charge is 0.247 e. The summed E-state index contributed by atoms with van der Waals surface area (Å²) in [5.74, 6) is 0.141. The summed E-state index contributed by atoms with van der Waals surface area (Å²) in [6.45, 7) is 0.268. The van der Waals surface area contributed by atoms with Crippen LogP contribution in [0.4, 0.5) is 4.39 Å². The monoisotopic (exact) mass is 284 g/mol. The molecule has 0 bridgehead atoms. The first-order chi connectivity index (χ1) is 10.2. The summed E-state index contributed by atoms with van der Waals surface area (Å²) in [6.07, 6.45) is 6.23. The van der Waals surface area contributed by atoms with Crippen LogP contribution in [0, 0.1) is 5.82 Å². The molecule has 2 aromatic rings. The van der Waals surface area contributed by atoms with Crippen LogP contribution in [0.25, 0.3) is 11.3 Å². The van der Waals surface area contributed by atoms with E-state index < -0.39 is 0 Å². The first-order valence-electron chi connectivity index (χ1n) is 6.58. The van der Waals surface area contributed by atoms with Crippen molar-refractivity contribution in [3.05, 3.63) is 65.7 Å². The van der Waals surface area contributed by atoms with Crippen molar-refractivity contribution in [2.24, 2.45) is 0 Å². The molecule has 1 aromatic heterocycles. The number of nitrogens with zero attached hydrogens (tertiary/aromatic N) is 1. The Morgan fingerprint density at radius 3 is 2.86 bits per heavy atom. The first kappa shape index (κ1) is 13.3. The van der Waals surface area contributed by atoms with Gasteiger partial charge in [0.05, 0.1) is 6.54 Å². The summed E-state index contributed by atoms with van der Waals surface area (Å²) < 4.78 is 18.0. The lowest BCUT2D eigenvalue weighted by Gasteiger charge is -2.02. The summed E-state index contributed by atoms with van der Waals surface area (Å²) in [4.78, 5) is 11.8. The lowest BCUT2D eigenvalue weighted by Crippen LogP contribution is -2.23. The minimum absolute atomic E-state index is 0.111. The van der Waals surface area contributed by atoms with E-state index in [2.05, 4.69) is 10.5 Å². The molecular formula is C16H13FN2O2. The Bertz CT molecular complexity index is 714. The molecule has 0 atom stereocenters. The Morgan fingerprint density at radius 1 is 1.33 bits per heavy atom. The van der Waals surface area contributed by atoms with Crippen LogP contribution < -0.4 is 5.32 Å². The maximum atomic E-state index is 12.9. The van der Waals surface area contributed by atoms with E-state index in [-0.39, 0.29) is 18.3 Å².